The van der Waals surface area contributed by atoms with Crippen LogP contribution in [0.5, 0.6) is 0 Å². The number of hydrogen-bond donors (Lipinski definition) is 0. The molecular formula is C32H31N2O2S2+. The van der Waals surface area contributed by atoms with Crippen LogP contribution < -0.4 is 9.47 Å². The molecule has 1 aromatic heterocycles. The molecule has 0 N–H and O–H groups in total. The van der Waals surface area contributed by atoms with Crippen molar-refractivity contribution < 1.29 is 14.1 Å². The molecule has 0 spiro atoms. The zero-order valence-electron chi connectivity index (χ0n) is 22.1. The fourth-order valence-electron chi connectivity index (χ4n) is 4.67. The summed E-state index contributed by atoms with van der Waals surface area (Å²) in [6, 6.07) is 24.7. The van der Waals surface area contributed by atoms with Crippen LogP contribution in [0.4, 0.5) is 5.69 Å². The summed E-state index contributed by atoms with van der Waals surface area (Å²) >= 11 is 3.64. The maximum atomic E-state index is 11.9. The molecule has 0 aliphatic carbocycles. The highest BCUT2D eigenvalue weighted by atomic mass is 32.2. The third-order valence-corrected chi connectivity index (χ3v) is 8.86. The van der Waals surface area contributed by atoms with Crippen molar-refractivity contribution >= 4 is 57.1 Å². The number of esters is 1. The van der Waals surface area contributed by atoms with Gasteiger partial charge in [0, 0.05) is 23.6 Å². The summed E-state index contributed by atoms with van der Waals surface area (Å²) < 4.78 is 8.51. The number of methoxy groups -OCH3 is 1. The molecule has 0 amide bonds. The summed E-state index contributed by atoms with van der Waals surface area (Å²) in [5, 5.41) is 2.44. The summed E-state index contributed by atoms with van der Waals surface area (Å²) in [6.07, 6.45) is 6.80. The second-order valence-electron chi connectivity index (χ2n) is 8.99. The van der Waals surface area contributed by atoms with Crippen LogP contribution in [-0.4, -0.2) is 19.6 Å². The third kappa shape index (κ3) is 5.19. The zero-order chi connectivity index (χ0) is 26.6. The number of aromatic nitrogens is 1. The number of carbonyl (C=O) groups excluding carboxylic acids is 1. The summed E-state index contributed by atoms with van der Waals surface area (Å²) in [4.78, 5) is 15.5. The first kappa shape index (κ1) is 26.0. The van der Waals surface area contributed by atoms with Crippen LogP contribution in [0.1, 0.15) is 41.7 Å². The van der Waals surface area contributed by atoms with Gasteiger partial charge in [-0.05, 0) is 73.9 Å². The molecule has 192 valence electrons. The summed E-state index contributed by atoms with van der Waals surface area (Å²) in [7, 11) is 1.40. The highest BCUT2D eigenvalue weighted by Gasteiger charge is 2.24. The minimum absolute atomic E-state index is 0.325. The topological polar surface area (TPSA) is 33.4 Å². The molecule has 2 heterocycles. The van der Waals surface area contributed by atoms with Crippen LogP contribution in [0.3, 0.4) is 0 Å². The van der Waals surface area contributed by atoms with Crippen molar-refractivity contribution in [3.63, 3.8) is 0 Å². The number of para-hydroxylation sites is 2. The Balaban J connectivity index is 1.61. The number of nitrogens with zero attached hydrogens (tertiary/aromatic N) is 2. The summed E-state index contributed by atoms with van der Waals surface area (Å²) in [5.74, 6) is -0.325. The molecule has 0 saturated heterocycles. The highest BCUT2D eigenvalue weighted by Crippen LogP contribution is 2.46. The maximum Gasteiger partial charge on any atom is 0.337 e. The third-order valence-electron chi connectivity index (χ3n) is 6.63. The van der Waals surface area contributed by atoms with E-state index in [4.69, 9.17) is 4.74 Å². The first-order chi connectivity index (χ1) is 18.5. The van der Waals surface area contributed by atoms with E-state index in [-0.39, 0.29) is 5.97 Å². The molecule has 1 aliphatic heterocycles. The van der Waals surface area contributed by atoms with Crippen molar-refractivity contribution in [3.8, 4) is 0 Å². The Hall–Kier alpha value is -3.61. The molecule has 4 nitrogen and oxygen atoms in total. The van der Waals surface area contributed by atoms with Gasteiger partial charge >= 0.3 is 5.97 Å². The number of fused-ring (bicyclic) bond motifs is 2. The smallest absolute Gasteiger partial charge is 0.337 e. The van der Waals surface area contributed by atoms with E-state index in [2.05, 4.69) is 97.0 Å². The highest BCUT2D eigenvalue weighted by molar-refractivity contribution is 8.03. The van der Waals surface area contributed by atoms with Crippen LogP contribution in [0, 0.1) is 0 Å². The molecule has 0 radical (unpaired) electrons. The number of aryl methyl sites for hydroxylation is 1. The molecular weight excluding hydrogens is 508 g/mol. The van der Waals surface area contributed by atoms with E-state index in [1.165, 1.54) is 37.9 Å². The number of benzene rings is 3. The Kier molecular flexibility index (Phi) is 7.82. The molecule has 5 rings (SSSR count). The number of thioether (sulfide) groups is 1. The molecule has 38 heavy (non-hydrogen) atoms. The van der Waals surface area contributed by atoms with Gasteiger partial charge < -0.3 is 9.64 Å². The molecule has 0 bridgehead atoms. The van der Waals surface area contributed by atoms with Gasteiger partial charge in [0.05, 0.1) is 23.4 Å². The predicted octanol–water partition coefficient (Wildman–Crippen LogP) is 7.96. The normalized spacial score (nSPS) is 14.8. The molecule has 0 unspecified atom stereocenters. The largest absolute Gasteiger partial charge is 0.465 e. The van der Waals surface area contributed by atoms with Crippen LogP contribution in [0.25, 0.3) is 22.4 Å². The van der Waals surface area contributed by atoms with Gasteiger partial charge in [0.2, 0.25) is 5.52 Å². The Morgan fingerprint density at radius 1 is 0.974 bits per heavy atom. The van der Waals surface area contributed by atoms with Crippen molar-refractivity contribution in [3.05, 3.63) is 111 Å². The van der Waals surface area contributed by atoms with E-state index in [1.807, 2.05) is 47.4 Å². The van der Waals surface area contributed by atoms with Gasteiger partial charge in [-0.15, -0.1) is 0 Å². The van der Waals surface area contributed by atoms with Gasteiger partial charge in [0.15, 0.2) is 0 Å². The Morgan fingerprint density at radius 2 is 1.71 bits per heavy atom. The number of anilines is 1. The summed E-state index contributed by atoms with van der Waals surface area (Å²) in [5.41, 5.74) is 6.41. The van der Waals surface area contributed by atoms with E-state index in [9.17, 15) is 4.79 Å². The zero-order valence-corrected chi connectivity index (χ0v) is 23.7. The van der Waals surface area contributed by atoms with Crippen LogP contribution in [0.15, 0.2) is 99.9 Å². The number of rotatable bonds is 7. The van der Waals surface area contributed by atoms with Gasteiger partial charge in [-0.1, -0.05) is 65.6 Å². The second kappa shape index (κ2) is 11.4. The number of thiazole rings is 1. The molecule has 4 aromatic rings. The fourth-order valence-corrected chi connectivity index (χ4v) is 7.03. The van der Waals surface area contributed by atoms with Gasteiger partial charge in [-0.3, -0.25) is 0 Å². The van der Waals surface area contributed by atoms with Crippen LogP contribution in [0.2, 0.25) is 0 Å². The molecule has 1 aliphatic rings. The van der Waals surface area contributed by atoms with Crippen molar-refractivity contribution in [2.75, 3.05) is 18.6 Å². The average Bonchev–Trinajstić information content (AvgIpc) is 3.49. The lowest BCUT2D eigenvalue weighted by molar-refractivity contribution is -0.665. The monoisotopic (exact) mass is 539 g/mol. The summed E-state index contributed by atoms with van der Waals surface area (Å²) in [6.45, 7) is 8.35. The van der Waals surface area contributed by atoms with Crippen molar-refractivity contribution in [2.45, 2.75) is 32.2 Å². The Labute approximate surface area is 232 Å². The predicted molar refractivity (Wildman–Crippen MR) is 161 cm³/mol. The minimum atomic E-state index is -0.325. The number of allylic oxidation sites excluding steroid dienone is 3. The van der Waals surface area contributed by atoms with Crippen molar-refractivity contribution in [1.82, 2.24) is 0 Å². The Bertz CT molecular complexity index is 1580. The van der Waals surface area contributed by atoms with E-state index in [1.54, 1.807) is 0 Å². The van der Waals surface area contributed by atoms with Gasteiger partial charge in [-0.25, -0.2) is 4.79 Å². The van der Waals surface area contributed by atoms with E-state index < -0.39 is 0 Å². The van der Waals surface area contributed by atoms with E-state index >= 15 is 0 Å². The van der Waals surface area contributed by atoms with Crippen LogP contribution >= 0.6 is 23.1 Å². The van der Waals surface area contributed by atoms with Crippen LogP contribution in [-0.2, 0) is 11.3 Å². The second-order valence-corrected chi connectivity index (χ2v) is 11.1. The molecule has 0 fully saturated rings. The average molecular weight is 540 g/mol. The number of hydrogen-bond acceptors (Lipinski definition) is 5. The van der Waals surface area contributed by atoms with Gasteiger partial charge in [-0.2, -0.15) is 4.57 Å². The first-order valence-corrected chi connectivity index (χ1v) is 14.4. The van der Waals surface area contributed by atoms with E-state index in [0.29, 0.717) is 5.56 Å². The molecule has 0 saturated carbocycles. The van der Waals surface area contributed by atoms with Gasteiger partial charge in [0.1, 0.15) is 11.2 Å². The lowest BCUT2D eigenvalue weighted by Gasteiger charge is -2.18. The molecule has 3 aromatic carbocycles. The van der Waals surface area contributed by atoms with E-state index in [0.717, 1.165) is 29.8 Å². The number of ether oxygens (including phenoxy) is 1. The van der Waals surface area contributed by atoms with Crippen molar-refractivity contribution in [2.24, 2.45) is 0 Å². The molecule has 6 heteroatoms. The maximum absolute atomic E-state index is 11.9. The first-order valence-electron chi connectivity index (χ1n) is 12.8. The minimum Gasteiger partial charge on any atom is -0.465 e. The lowest BCUT2D eigenvalue weighted by Crippen LogP contribution is -2.33. The standard InChI is InChI=1S/C32H31N2O2S2/c1-5-33-26-11-7-9-13-28(26)37-30(33)20-25(21-31-34(6-2)27-12-8-10-14-29(27)38-31)22(3)19-23-15-17-24(18-16-23)32(35)36-4/h7-21H,5-6H2,1-4H3/q+1/b22-19+. The lowest BCUT2D eigenvalue weighted by atomic mass is 10.0. The quantitative estimate of drug-likeness (QED) is 0.136. The number of carbonyl (C=O) groups is 1. The molecule has 0 atom stereocenters. The SMILES string of the molecule is CCN1C(=CC(=Cc2sc3ccccc3[n+]2CC)/C(C)=C/c2ccc(C(=O)OC)cc2)Sc2ccccc21. The van der Waals surface area contributed by atoms with Gasteiger partial charge in [0.25, 0.3) is 5.01 Å². The Morgan fingerprint density at radius 3 is 2.45 bits per heavy atom. The fraction of sp³-hybridized carbons (Fsp3) is 0.188. The van der Waals surface area contributed by atoms with Crippen molar-refractivity contribution in [1.29, 1.82) is 0 Å².